The molecule has 20 heavy (non-hydrogen) atoms. The third-order valence-electron chi connectivity index (χ3n) is 3.53. The summed E-state index contributed by atoms with van der Waals surface area (Å²) >= 11 is 0. The van der Waals surface area contributed by atoms with Crippen LogP contribution in [0.3, 0.4) is 0 Å². The van der Waals surface area contributed by atoms with Crippen molar-refractivity contribution in [2.75, 3.05) is 13.6 Å². The minimum absolute atomic E-state index is 0.822. The lowest BCUT2D eigenvalue weighted by Gasteiger charge is -2.16. The summed E-state index contributed by atoms with van der Waals surface area (Å²) in [6.45, 7) is 8.00. The summed E-state index contributed by atoms with van der Waals surface area (Å²) in [6.07, 6.45) is 6.01. The zero-order valence-corrected chi connectivity index (χ0v) is 12.8. The van der Waals surface area contributed by atoms with Gasteiger partial charge in [0, 0.05) is 30.2 Å². The second-order valence-corrected chi connectivity index (χ2v) is 5.39. The van der Waals surface area contributed by atoms with Gasteiger partial charge in [0.25, 0.3) is 0 Å². The first-order chi connectivity index (χ1) is 9.56. The number of hydrogen-bond donors (Lipinski definition) is 1. The van der Waals surface area contributed by atoms with E-state index in [0.29, 0.717) is 0 Å². The largest absolute Gasteiger partial charge is 0.302 e. The Balaban J connectivity index is 1.78. The molecule has 2 heterocycles. The number of aromatic amines is 1. The fourth-order valence-electron chi connectivity index (χ4n) is 2.36. The van der Waals surface area contributed by atoms with E-state index >= 15 is 0 Å². The van der Waals surface area contributed by atoms with Gasteiger partial charge in [-0.25, -0.2) is 9.97 Å². The Morgan fingerprint density at radius 2 is 1.85 bits per heavy atom. The minimum Gasteiger partial charge on any atom is -0.302 e. The van der Waals surface area contributed by atoms with Gasteiger partial charge in [-0.2, -0.15) is 5.10 Å². The van der Waals surface area contributed by atoms with Crippen LogP contribution in [0.1, 0.15) is 34.8 Å². The first kappa shape index (κ1) is 14.7. The quantitative estimate of drug-likeness (QED) is 0.876. The number of hydrogen-bond acceptors (Lipinski definition) is 4. The predicted molar refractivity (Wildman–Crippen MR) is 79.5 cm³/mol. The number of H-pyrrole nitrogens is 1. The molecule has 0 aromatic carbocycles. The zero-order chi connectivity index (χ0) is 14.5. The van der Waals surface area contributed by atoms with Crippen LogP contribution in [-0.2, 0) is 13.0 Å². The molecule has 5 nitrogen and oxygen atoms in total. The van der Waals surface area contributed by atoms with Crippen LogP contribution in [0.5, 0.6) is 0 Å². The third-order valence-corrected chi connectivity index (χ3v) is 3.53. The minimum atomic E-state index is 0.822. The van der Waals surface area contributed by atoms with E-state index in [1.165, 1.54) is 11.3 Å². The van der Waals surface area contributed by atoms with Crippen molar-refractivity contribution >= 4 is 0 Å². The number of nitrogens with zero attached hydrogens (tertiary/aromatic N) is 4. The van der Waals surface area contributed by atoms with Crippen LogP contribution in [0.2, 0.25) is 0 Å². The fourth-order valence-corrected chi connectivity index (χ4v) is 2.36. The van der Waals surface area contributed by atoms with Crippen LogP contribution in [0, 0.1) is 20.8 Å². The van der Waals surface area contributed by atoms with E-state index in [1.807, 2.05) is 19.3 Å². The molecule has 2 aromatic rings. The SMILES string of the molecule is Cc1ncc(CN(C)CCCc2c(C)n[nH]c2C)cn1. The van der Waals surface area contributed by atoms with Crippen molar-refractivity contribution < 1.29 is 0 Å². The summed E-state index contributed by atoms with van der Waals surface area (Å²) in [5.41, 5.74) is 4.83. The first-order valence-corrected chi connectivity index (χ1v) is 7.02. The fraction of sp³-hybridized carbons (Fsp3) is 0.533. The molecule has 0 aliphatic carbocycles. The summed E-state index contributed by atoms with van der Waals surface area (Å²) in [6, 6.07) is 0. The molecule has 108 valence electrons. The smallest absolute Gasteiger partial charge is 0.125 e. The standard InChI is InChI=1S/C15H23N5/c1-11-15(12(2)19-18-11)6-5-7-20(4)10-14-8-16-13(3)17-9-14/h8-9H,5-7,10H2,1-4H3,(H,18,19). The van der Waals surface area contributed by atoms with E-state index in [2.05, 4.69) is 46.0 Å². The van der Waals surface area contributed by atoms with Crippen molar-refractivity contribution in [1.29, 1.82) is 0 Å². The van der Waals surface area contributed by atoms with Crippen molar-refractivity contribution in [2.45, 2.75) is 40.2 Å². The van der Waals surface area contributed by atoms with Crippen LogP contribution in [0.25, 0.3) is 0 Å². The van der Waals surface area contributed by atoms with Crippen LogP contribution in [0.4, 0.5) is 0 Å². The van der Waals surface area contributed by atoms with Gasteiger partial charge in [0.05, 0.1) is 5.69 Å². The van der Waals surface area contributed by atoms with Gasteiger partial charge in [0.2, 0.25) is 0 Å². The second-order valence-electron chi connectivity index (χ2n) is 5.39. The maximum atomic E-state index is 4.23. The highest BCUT2D eigenvalue weighted by Gasteiger charge is 2.07. The monoisotopic (exact) mass is 273 g/mol. The van der Waals surface area contributed by atoms with E-state index in [9.17, 15) is 0 Å². The number of aryl methyl sites for hydroxylation is 3. The average Bonchev–Trinajstić information content (AvgIpc) is 2.73. The van der Waals surface area contributed by atoms with Crippen molar-refractivity contribution in [3.8, 4) is 0 Å². The van der Waals surface area contributed by atoms with Gasteiger partial charge in [-0.15, -0.1) is 0 Å². The molecule has 0 saturated heterocycles. The lowest BCUT2D eigenvalue weighted by molar-refractivity contribution is 0.321. The van der Waals surface area contributed by atoms with E-state index in [1.54, 1.807) is 0 Å². The predicted octanol–water partition coefficient (Wildman–Crippen LogP) is 2.19. The van der Waals surface area contributed by atoms with Gasteiger partial charge in [-0.05, 0) is 52.8 Å². The van der Waals surface area contributed by atoms with Crippen molar-refractivity contribution in [3.05, 3.63) is 40.7 Å². The Kier molecular flexibility index (Phi) is 4.84. The van der Waals surface area contributed by atoms with E-state index < -0.39 is 0 Å². The molecule has 0 saturated carbocycles. The molecule has 5 heteroatoms. The third kappa shape index (κ3) is 3.87. The molecule has 0 unspecified atom stereocenters. The number of nitrogens with one attached hydrogen (secondary N) is 1. The Hall–Kier alpha value is -1.75. The topological polar surface area (TPSA) is 57.7 Å². The molecule has 0 amide bonds. The lowest BCUT2D eigenvalue weighted by atomic mass is 10.1. The molecule has 0 bridgehead atoms. The molecular weight excluding hydrogens is 250 g/mol. The van der Waals surface area contributed by atoms with Crippen molar-refractivity contribution in [3.63, 3.8) is 0 Å². The summed E-state index contributed by atoms with van der Waals surface area (Å²) in [5.74, 6) is 0.822. The summed E-state index contributed by atoms with van der Waals surface area (Å²) < 4.78 is 0. The van der Waals surface area contributed by atoms with Gasteiger partial charge in [0.15, 0.2) is 0 Å². The van der Waals surface area contributed by atoms with Crippen LogP contribution < -0.4 is 0 Å². The van der Waals surface area contributed by atoms with E-state index in [0.717, 1.165) is 43.0 Å². The van der Waals surface area contributed by atoms with E-state index in [-0.39, 0.29) is 0 Å². The number of rotatable bonds is 6. The average molecular weight is 273 g/mol. The Morgan fingerprint density at radius 3 is 2.45 bits per heavy atom. The van der Waals surface area contributed by atoms with Gasteiger partial charge in [-0.3, -0.25) is 5.10 Å². The molecule has 0 fully saturated rings. The maximum absolute atomic E-state index is 4.23. The molecule has 0 spiro atoms. The highest BCUT2D eigenvalue weighted by molar-refractivity contribution is 5.23. The van der Waals surface area contributed by atoms with Crippen LogP contribution >= 0.6 is 0 Å². The Morgan fingerprint density at radius 1 is 1.15 bits per heavy atom. The normalized spacial score (nSPS) is 11.2. The molecule has 0 atom stereocenters. The molecule has 0 aliphatic heterocycles. The summed E-state index contributed by atoms with van der Waals surface area (Å²) in [7, 11) is 2.13. The Labute approximate surface area is 120 Å². The van der Waals surface area contributed by atoms with Gasteiger partial charge in [-0.1, -0.05) is 0 Å². The van der Waals surface area contributed by atoms with Crippen molar-refractivity contribution in [2.24, 2.45) is 0 Å². The maximum Gasteiger partial charge on any atom is 0.125 e. The zero-order valence-electron chi connectivity index (χ0n) is 12.8. The first-order valence-electron chi connectivity index (χ1n) is 7.02. The molecule has 0 aliphatic rings. The number of aromatic nitrogens is 4. The molecular formula is C15H23N5. The highest BCUT2D eigenvalue weighted by atomic mass is 15.1. The van der Waals surface area contributed by atoms with E-state index in [4.69, 9.17) is 0 Å². The second kappa shape index (κ2) is 6.61. The molecule has 1 N–H and O–H groups in total. The van der Waals surface area contributed by atoms with Crippen molar-refractivity contribution in [1.82, 2.24) is 25.1 Å². The Bertz CT molecular complexity index is 524. The lowest BCUT2D eigenvalue weighted by Crippen LogP contribution is -2.20. The molecule has 2 aromatic heterocycles. The summed E-state index contributed by atoms with van der Waals surface area (Å²) in [5, 5.41) is 7.27. The molecule has 0 radical (unpaired) electrons. The highest BCUT2D eigenvalue weighted by Crippen LogP contribution is 2.12. The van der Waals surface area contributed by atoms with Gasteiger partial charge >= 0.3 is 0 Å². The van der Waals surface area contributed by atoms with Gasteiger partial charge < -0.3 is 4.90 Å². The summed E-state index contributed by atoms with van der Waals surface area (Å²) in [4.78, 5) is 10.8. The van der Waals surface area contributed by atoms with Crippen LogP contribution in [0.15, 0.2) is 12.4 Å². The van der Waals surface area contributed by atoms with Crippen LogP contribution in [-0.4, -0.2) is 38.7 Å². The molecule has 2 rings (SSSR count). The van der Waals surface area contributed by atoms with Gasteiger partial charge in [0.1, 0.15) is 5.82 Å².